The van der Waals surface area contributed by atoms with Crippen LogP contribution in [-0.4, -0.2) is 46.4 Å². The lowest BCUT2D eigenvalue weighted by molar-refractivity contribution is -0.0574. The molecular weight excluding hydrogens is 416 g/mol. The van der Waals surface area contributed by atoms with Gasteiger partial charge in [-0.15, -0.1) is 0 Å². The predicted octanol–water partition coefficient (Wildman–Crippen LogP) is 1.98. The largest absolute Gasteiger partial charge is 0.459 e. The van der Waals surface area contributed by atoms with Crippen molar-refractivity contribution in [2.24, 2.45) is 0 Å². The highest BCUT2D eigenvalue weighted by Crippen LogP contribution is 2.40. The minimum atomic E-state index is -0.895. The van der Waals surface area contributed by atoms with Crippen LogP contribution >= 0.6 is 0 Å². The summed E-state index contributed by atoms with van der Waals surface area (Å²) in [4.78, 5) is 40.5. The summed E-state index contributed by atoms with van der Waals surface area (Å²) in [6, 6.07) is 18.4. The van der Waals surface area contributed by atoms with E-state index in [9.17, 15) is 14.4 Å². The summed E-state index contributed by atoms with van der Waals surface area (Å²) in [5.41, 5.74) is 0.299. The third kappa shape index (κ3) is 3.74. The second kappa shape index (κ2) is 8.27. The quantitative estimate of drug-likeness (QED) is 0.562. The summed E-state index contributed by atoms with van der Waals surface area (Å²) in [6.07, 6.45) is -1.61. The topological polar surface area (TPSA) is 106 Å². The van der Waals surface area contributed by atoms with Gasteiger partial charge in [0.2, 0.25) is 0 Å². The number of benzene rings is 2. The van der Waals surface area contributed by atoms with E-state index in [-0.39, 0.29) is 12.6 Å². The van der Waals surface area contributed by atoms with Gasteiger partial charge in [-0.2, -0.15) is 4.98 Å². The van der Waals surface area contributed by atoms with Gasteiger partial charge < -0.3 is 18.9 Å². The number of ether oxygens (including phenoxy) is 4. The first-order chi connectivity index (χ1) is 15.6. The molecule has 2 aromatic carbocycles. The second-order valence-corrected chi connectivity index (χ2v) is 7.30. The molecule has 1 saturated heterocycles. The molecule has 4 atom stereocenters. The summed E-state index contributed by atoms with van der Waals surface area (Å²) in [6.45, 7) is -0.153. The summed E-state index contributed by atoms with van der Waals surface area (Å²) in [5.74, 6) is -1.09. The molecule has 9 nitrogen and oxygen atoms in total. The van der Waals surface area contributed by atoms with Crippen molar-refractivity contribution >= 4 is 11.9 Å². The molecule has 0 amide bonds. The molecule has 3 aromatic rings. The molecule has 32 heavy (non-hydrogen) atoms. The van der Waals surface area contributed by atoms with Crippen LogP contribution in [0.3, 0.4) is 0 Å². The number of carbonyl (C=O) groups excluding carboxylic acids is 2. The molecule has 3 heterocycles. The molecule has 0 spiro atoms. The van der Waals surface area contributed by atoms with Gasteiger partial charge in [-0.25, -0.2) is 9.59 Å². The number of aromatic nitrogens is 2. The van der Waals surface area contributed by atoms with Gasteiger partial charge in [0.15, 0.2) is 18.4 Å². The lowest BCUT2D eigenvalue weighted by Gasteiger charge is -2.22. The molecule has 2 aliphatic heterocycles. The van der Waals surface area contributed by atoms with Crippen LogP contribution in [0.15, 0.2) is 77.7 Å². The fourth-order valence-electron chi connectivity index (χ4n) is 3.71. The van der Waals surface area contributed by atoms with Gasteiger partial charge >= 0.3 is 17.9 Å². The molecule has 0 aliphatic carbocycles. The molecule has 0 bridgehead atoms. The Hall–Kier alpha value is -3.98. The van der Waals surface area contributed by atoms with Crippen LogP contribution in [0.4, 0.5) is 0 Å². The van der Waals surface area contributed by atoms with E-state index in [0.717, 1.165) is 0 Å². The molecule has 0 N–H and O–H groups in total. The van der Waals surface area contributed by atoms with Crippen molar-refractivity contribution in [1.29, 1.82) is 0 Å². The van der Waals surface area contributed by atoms with E-state index in [1.54, 1.807) is 65.2 Å². The Morgan fingerprint density at radius 3 is 2.28 bits per heavy atom. The lowest BCUT2D eigenvalue weighted by Crippen LogP contribution is -2.40. The number of nitrogens with zero attached hydrogens (tertiary/aromatic N) is 2. The Labute approximate surface area is 182 Å². The average molecular weight is 434 g/mol. The maximum Gasteiger partial charge on any atom is 0.338 e. The molecule has 162 valence electrons. The summed E-state index contributed by atoms with van der Waals surface area (Å²) in [7, 11) is 0. The van der Waals surface area contributed by atoms with E-state index in [2.05, 4.69) is 4.98 Å². The van der Waals surface area contributed by atoms with Gasteiger partial charge in [0.05, 0.1) is 11.1 Å². The highest BCUT2D eigenvalue weighted by Gasteiger charge is 2.54. The monoisotopic (exact) mass is 434 g/mol. The van der Waals surface area contributed by atoms with Gasteiger partial charge in [-0.3, -0.25) is 9.36 Å². The first-order valence-electron chi connectivity index (χ1n) is 10.00. The Balaban J connectivity index is 1.37. The van der Waals surface area contributed by atoms with Crippen LogP contribution in [0, 0.1) is 0 Å². The Morgan fingerprint density at radius 1 is 0.938 bits per heavy atom. The van der Waals surface area contributed by atoms with E-state index < -0.39 is 42.0 Å². The van der Waals surface area contributed by atoms with Crippen LogP contribution < -0.4 is 10.3 Å². The van der Waals surface area contributed by atoms with Crippen LogP contribution in [-0.2, 0) is 14.2 Å². The zero-order valence-electron chi connectivity index (χ0n) is 16.7. The summed E-state index contributed by atoms with van der Waals surface area (Å²) in [5, 5.41) is 0. The Kier molecular flexibility index (Phi) is 5.16. The van der Waals surface area contributed by atoms with E-state index in [1.165, 1.54) is 12.3 Å². The van der Waals surface area contributed by atoms with Crippen LogP contribution in [0.2, 0.25) is 0 Å². The third-order valence-corrected chi connectivity index (χ3v) is 5.25. The predicted molar refractivity (Wildman–Crippen MR) is 109 cm³/mol. The second-order valence-electron chi connectivity index (χ2n) is 7.30. The first-order valence-corrected chi connectivity index (χ1v) is 10.00. The fourth-order valence-corrected chi connectivity index (χ4v) is 3.71. The van der Waals surface area contributed by atoms with Gasteiger partial charge in [-0.05, 0) is 24.3 Å². The highest BCUT2D eigenvalue weighted by atomic mass is 16.7. The van der Waals surface area contributed by atoms with Crippen molar-refractivity contribution in [3.63, 3.8) is 0 Å². The van der Waals surface area contributed by atoms with Crippen molar-refractivity contribution in [1.82, 2.24) is 9.55 Å². The normalized spacial score (nSPS) is 23.0. The zero-order chi connectivity index (χ0) is 22.1. The van der Waals surface area contributed by atoms with Gasteiger partial charge in [0.25, 0.3) is 5.56 Å². The Morgan fingerprint density at radius 2 is 1.59 bits per heavy atom. The molecule has 2 aliphatic rings. The van der Waals surface area contributed by atoms with Gasteiger partial charge in [-0.1, -0.05) is 36.4 Å². The maximum atomic E-state index is 12.7. The fraction of sp³-hybridized carbons (Fsp3) is 0.217. The minimum absolute atomic E-state index is 0.0768. The number of hydrogen-bond acceptors (Lipinski definition) is 8. The minimum Gasteiger partial charge on any atom is -0.459 e. The first kappa shape index (κ1) is 20.0. The van der Waals surface area contributed by atoms with Gasteiger partial charge in [0.1, 0.15) is 12.7 Å². The Bertz CT molecular complexity index is 1200. The molecule has 0 saturated carbocycles. The average Bonchev–Trinajstić information content (AvgIpc) is 3.34. The molecule has 1 aromatic heterocycles. The van der Waals surface area contributed by atoms with E-state index >= 15 is 0 Å². The van der Waals surface area contributed by atoms with Crippen molar-refractivity contribution in [2.45, 2.75) is 24.5 Å². The van der Waals surface area contributed by atoms with Gasteiger partial charge in [0, 0.05) is 12.3 Å². The zero-order valence-corrected chi connectivity index (χ0v) is 16.7. The number of hydrogen-bond donors (Lipinski definition) is 0. The highest BCUT2D eigenvalue weighted by molar-refractivity contribution is 5.90. The molecule has 0 radical (unpaired) electrons. The molecular formula is C23H18N2O7. The van der Waals surface area contributed by atoms with Crippen molar-refractivity contribution in [3.8, 4) is 6.01 Å². The maximum absolute atomic E-state index is 12.7. The number of fused-ring (bicyclic) bond motifs is 3. The smallest absolute Gasteiger partial charge is 0.338 e. The molecule has 5 rings (SSSR count). The molecule has 1 fully saturated rings. The van der Waals surface area contributed by atoms with Crippen LogP contribution in [0.25, 0.3) is 0 Å². The summed E-state index contributed by atoms with van der Waals surface area (Å²) >= 11 is 0. The molecule has 2 unspecified atom stereocenters. The number of carbonyl (C=O) groups is 2. The van der Waals surface area contributed by atoms with E-state index in [1.807, 2.05) is 0 Å². The van der Waals surface area contributed by atoms with E-state index in [4.69, 9.17) is 18.9 Å². The molecule has 9 heteroatoms. The van der Waals surface area contributed by atoms with Crippen LogP contribution in [0.5, 0.6) is 6.01 Å². The third-order valence-electron chi connectivity index (χ3n) is 5.25. The standard InChI is InChI=1S/C23H18N2O7/c26-17-11-12-25-20-19(32-23(25)24-17)18(31-22(28)15-9-5-2-6-10-15)16(30-20)13-29-21(27)14-7-3-1-4-8-14/h1-12,16,18-20H,13H2/t16-,18-,19?,20?/m1/s1. The number of rotatable bonds is 5. The van der Waals surface area contributed by atoms with Crippen molar-refractivity contribution < 1.29 is 28.5 Å². The SMILES string of the molecule is O=C(OC[C@H]1OC2C(Oc3nc(=O)ccn32)[C@@H]1OC(=O)c1ccccc1)c1ccccc1. The number of esters is 2. The summed E-state index contributed by atoms with van der Waals surface area (Å²) < 4.78 is 24.5. The van der Waals surface area contributed by atoms with Crippen molar-refractivity contribution in [2.75, 3.05) is 6.61 Å². The van der Waals surface area contributed by atoms with Crippen molar-refractivity contribution in [3.05, 3.63) is 94.4 Å². The van der Waals surface area contributed by atoms with Crippen LogP contribution in [0.1, 0.15) is 26.9 Å². The lowest BCUT2D eigenvalue weighted by atomic mass is 10.1. The van der Waals surface area contributed by atoms with E-state index in [0.29, 0.717) is 11.1 Å².